The van der Waals surface area contributed by atoms with Crippen molar-refractivity contribution >= 4 is 17.4 Å². The van der Waals surface area contributed by atoms with Gasteiger partial charge in [0.25, 0.3) is 0 Å². The molecule has 1 nitrogen and oxygen atoms in total. The van der Waals surface area contributed by atoms with Crippen LogP contribution in [-0.4, -0.2) is 12.0 Å². The van der Waals surface area contributed by atoms with Gasteiger partial charge in [0.1, 0.15) is 11.6 Å². The first-order valence-electron chi connectivity index (χ1n) is 3.72. The molecule has 68 valence electrons. The minimum atomic E-state index is -1.53. The largest absolute Gasteiger partial charge is 0.298 e. The number of Topliss-reactive ketones (excluding diaryl/α,β-unsaturated/α-hetero) is 1. The molecule has 0 bridgehead atoms. The van der Waals surface area contributed by atoms with Crippen molar-refractivity contribution in [1.29, 1.82) is 0 Å². The zero-order chi connectivity index (χ0) is 10.1. The number of terminal acetylenes is 1. The van der Waals surface area contributed by atoms with E-state index in [0.717, 1.165) is 6.08 Å². The van der Waals surface area contributed by atoms with Crippen molar-refractivity contribution in [3.05, 3.63) is 23.3 Å². The van der Waals surface area contributed by atoms with Crippen LogP contribution in [0.15, 0.2) is 23.3 Å². The van der Waals surface area contributed by atoms with E-state index in [1.807, 2.05) is 0 Å². The molecule has 3 heteroatoms. The Labute approximate surface area is 81.3 Å². The van der Waals surface area contributed by atoms with Crippen molar-refractivity contribution in [2.24, 2.45) is 5.41 Å². The lowest BCUT2D eigenvalue weighted by molar-refractivity contribution is -0.123. The van der Waals surface area contributed by atoms with E-state index in [1.54, 1.807) is 0 Å². The molecule has 0 aromatic rings. The third kappa shape index (κ3) is 1.52. The summed E-state index contributed by atoms with van der Waals surface area (Å²) in [6.07, 6.45) is 7.53. The van der Waals surface area contributed by atoms with Crippen LogP contribution in [-0.2, 0) is 4.79 Å². The number of hydrogen-bond donors (Lipinski definition) is 0. The average molecular weight is 199 g/mol. The SMILES string of the molecule is C#CC1(C(C)=O)C=CC(Cl)=CC1F. The minimum absolute atomic E-state index is 0.264. The number of carbonyl (C=O) groups is 1. The topological polar surface area (TPSA) is 17.1 Å². The molecule has 1 aliphatic carbocycles. The Morgan fingerprint density at radius 1 is 1.85 bits per heavy atom. The molecule has 0 aromatic carbocycles. The highest BCUT2D eigenvalue weighted by Gasteiger charge is 2.40. The minimum Gasteiger partial charge on any atom is -0.298 e. The molecular weight excluding hydrogens is 191 g/mol. The van der Waals surface area contributed by atoms with Crippen LogP contribution in [0.5, 0.6) is 0 Å². The molecule has 13 heavy (non-hydrogen) atoms. The predicted molar refractivity (Wildman–Crippen MR) is 49.9 cm³/mol. The van der Waals surface area contributed by atoms with E-state index in [1.165, 1.54) is 19.1 Å². The van der Waals surface area contributed by atoms with Crippen LogP contribution in [0, 0.1) is 17.8 Å². The first-order chi connectivity index (χ1) is 6.03. The number of carbonyl (C=O) groups excluding carboxylic acids is 1. The van der Waals surface area contributed by atoms with Crippen molar-refractivity contribution < 1.29 is 9.18 Å². The smallest absolute Gasteiger partial charge is 0.155 e. The molecule has 0 radical (unpaired) electrons. The second-order valence-electron chi connectivity index (χ2n) is 2.86. The van der Waals surface area contributed by atoms with Crippen LogP contribution < -0.4 is 0 Å². The molecular formula is C10H8ClFO. The summed E-state index contributed by atoms with van der Waals surface area (Å²) < 4.78 is 13.4. The molecule has 0 heterocycles. The summed E-state index contributed by atoms with van der Waals surface area (Å²) in [4.78, 5) is 11.2. The Morgan fingerprint density at radius 2 is 2.46 bits per heavy atom. The molecule has 0 aliphatic heterocycles. The van der Waals surface area contributed by atoms with Gasteiger partial charge in [0, 0.05) is 5.03 Å². The van der Waals surface area contributed by atoms with Crippen molar-refractivity contribution in [3.8, 4) is 12.3 Å². The van der Waals surface area contributed by atoms with Crippen LogP contribution in [0.2, 0.25) is 0 Å². The molecule has 0 spiro atoms. The lowest BCUT2D eigenvalue weighted by atomic mass is 9.77. The predicted octanol–water partition coefficient (Wildman–Crippen LogP) is 2.23. The van der Waals surface area contributed by atoms with Gasteiger partial charge < -0.3 is 0 Å². The Morgan fingerprint density at radius 3 is 2.85 bits per heavy atom. The summed E-state index contributed by atoms with van der Waals surface area (Å²) in [7, 11) is 0. The summed E-state index contributed by atoms with van der Waals surface area (Å²) in [6.45, 7) is 1.27. The third-order valence-corrected chi connectivity index (χ3v) is 2.32. The summed E-state index contributed by atoms with van der Waals surface area (Å²) >= 11 is 5.55. The molecule has 0 N–H and O–H groups in total. The van der Waals surface area contributed by atoms with E-state index < -0.39 is 11.6 Å². The zero-order valence-electron chi connectivity index (χ0n) is 7.05. The number of alkyl halides is 1. The lowest BCUT2D eigenvalue weighted by Gasteiger charge is -2.26. The van der Waals surface area contributed by atoms with E-state index in [9.17, 15) is 9.18 Å². The van der Waals surface area contributed by atoms with Crippen LogP contribution in [0.25, 0.3) is 0 Å². The molecule has 0 saturated carbocycles. The Hall–Kier alpha value is -1.07. The van der Waals surface area contributed by atoms with E-state index in [2.05, 4.69) is 5.92 Å². The van der Waals surface area contributed by atoms with Gasteiger partial charge in [-0.15, -0.1) is 6.42 Å². The highest BCUT2D eigenvalue weighted by molar-refractivity contribution is 6.31. The van der Waals surface area contributed by atoms with E-state index in [4.69, 9.17) is 18.0 Å². The van der Waals surface area contributed by atoms with E-state index in [0.29, 0.717) is 0 Å². The average Bonchev–Trinajstić information content (AvgIpc) is 2.04. The van der Waals surface area contributed by atoms with Crippen LogP contribution in [0.1, 0.15) is 6.92 Å². The molecule has 0 aromatic heterocycles. The van der Waals surface area contributed by atoms with Gasteiger partial charge in [-0.25, -0.2) is 4.39 Å². The Kier molecular flexibility index (Phi) is 2.58. The van der Waals surface area contributed by atoms with Gasteiger partial charge in [0.05, 0.1) is 0 Å². The highest BCUT2D eigenvalue weighted by Crippen LogP contribution is 2.33. The maximum atomic E-state index is 13.4. The van der Waals surface area contributed by atoms with Gasteiger partial charge in [-0.1, -0.05) is 23.6 Å². The molecule has 2 atom stereocenters. The van der Waals surface area contributed by atoms with Crippen LogP contribution >= 0.6 is 11.6 Å². The van der Waals surface area contributed by atoms with Gasteiger partial charge >= 0.3 is 0 Å². The second kappa shape index (κ2) is 3.35. The van der Waals surface area contributed by atoms with E-state index >= 15 is 0 Å². The fraction of sp³-hybridized carbons (Fsp3) is 0.300. The van der Waals surface area contributed by atoms with Crippen LogP contribution in [0.3, 0.4) is 0 Å². The molecule has 1 aliphatic rings. The summed E-state index contributed by atoms with van der Waals surface area (Å²) in [5.41, 5.74) is -1.46. The summed E-state index contributed by atoms with van der Waals surface area (Å²) in [5, 5.41) is 0.264. The van der Waals surface area contributed by atoms with Crippen molar-refractivity contribution in [2.45, 2.75) is 13.1 Å². The summed E-state index contributed by atoms with van der Waals surface area (Å²) in [5.74, 6) is 1.78. The molecule has 0 amide bonds. The van der Waals surface area contributed by atoms with Gasteiger partial charge in [-0.3, -0.25) is 4.79 Å². The fourth-order valence-electron chi connectivity index (χ4n) is 1.17. The number of rotatable bonds is 1. The maximum absolute atomic E-state index is 13.4. The maximum Gasteiger partial charge on any atom is 0.155 e. The molecule has 0 fully saturated rings. The Balaban J connectivity index is 3.14. The highest BCUT2D eigenvalue weighted by atomic mass is 35.5. The quantitative estimate of drug-likeness (QED) is 0.591. The van der Waals surface area contributed by atoms with Gasteiger partial charge in [0.15, 0.2) is 5.78 Å². The van der Waals surface area contributed by atoms with Gasteiger partial charge in [-0.2, -0.15) is 0 Å². The number of halogens is 2. The monoisotopic (exact) mass is 198 g/mol. The summed E-state index contributed by atoms with van der Waals surface area (Å²) in [6, 6.07) is 0. The first kappa shape index (κ1) is 10.0. The van der Waals surface area contributed by atoms with Gasteiger partial charge in [-0.05, 0) is 19.1 Å². The Bertz CT molecular complexity index is 337. The first-order valence-corrected chi connectivity index (χ1v) is 4.10. The second-order valence-corrected chi connectivity index (χ2v) is 3.29. The van der Waals surface area contributed by atoms with Gasteiger partial charge in [0.2, 0.25) is 0 Å². The van der Waals surface area contributed by atoms with Crippen molar-refractivity contribution in [1.82, 2.24) is 0 Å². The van der Waals surface area contributed by atoms with Crippen LogP contribution in [0.4, 0.5) is 4.39 Å². The third-order valence-electron chi connectivity index (χ3n) is 2.07. The molecule has 1 rings (SSSR count). The van der Waals surface area contributed by atoms with Crippen molar-refractivity contribution in [3.63, 3.8) is 0 Å². The lowest BCUT2D eigenvalue weighted by Crippen LogP contribution is -2.36. The van der Waals surface area contributed by atoms with E-state index in [-0.39, 0.29) is 10.8 Å². The zero-order valence-corrected chi connectivity index (χ0v) is 7.81. The molecule has 0 saturated heterocycles. The fourth-order valence-corrected chi connectivity index (χ4v) is 1.34. The van der Waals surface area contributed by atoms with Crippen molar-refractivity contribution in [2.75, 3.05) is 0 Å². The standard InChI is InChI=1S/C10H8ClFO/c1-3-10(7(2)13)5-4-8(11)6-9(10)12/h1,4-6,9H,2H3. The number of hydrogen-bond acceptors (Lipinski definition) is 1. The number of allylic oxidation sites excluding steroid dienone is 4. The molecule has 2 unspecified atom stereocenters. The normalized spacial score (nSPS) is 32.2. The number of ketones is 1.